The van der Waals surface area contributed by atoms with Crippen LogP contribution in [0.4, 0.5) is 21.6 Å². The highest BCUT2D eigenvalue weighted by Crippen LogP contribution is 2.44. The quantitative estimate of drug-likeness (QED) is 0.360. The minimum absolute atomic E-state index is 0.173. The van der Waals surface area contributed by atoms with Crippen LogP contribution in [0, 0.1) is 5.82 Å². The van der Waals surface area contributed by atoms with Gasteiger partial charge in [-0.25, -0.2) is 14.0 Å². The van der Waals surface area contributed by atoms with E-state index in [0.29, 0.717) is 16.9 Å². The second-order valence-electron chi connectivity index (χ2n) is 7.40. The molecule has 1 unspecified atom stereocenters. The summed E-state index contributed by atoms with van der Waals surface area (Å²) in [5, 5.41) is 6.72. The molecule has 0 fully saturated rings. The molecular formula is C25H18FN4O3+. The summed E-state index contributed by atoms with van der Waals surface area (Å²) in [5.74, 6) is -0.945. The van der Waals surface area contributed by atoms with E-state index < -0.39 is 16.3 Å². The minimum atomic E-state index is -0.518. The molecule has 1 amide bonds. The Balaban J connectivity index is 1.87. The Morgan fingerprint density at radius 3 is 2.27 bits per heavy atom. The number of aliphatic imine (C=N–C) groups is 1. The van der Waals surface area contributed by atoms with Crippen molar-refractivity contribution in [1.82, 2.24) is 14.7 Å². The summed E-state index contributed by atoms with van der Waals surface area (Å²) >= 11 is 0. The van der Waals surface area contributed by atoms with Crippen LogP contribution in [-0.4, -0.2) is 35.0 Å². The van der Waals surface area contributed by atoms with Gasteiger partial charge in [0.1, 0.15) is 11.4 Å². The molecule has 162 valence electrons. The number of methoxy groups -OCH3 is 1. The van der Waals surface area contributed by atoms with Crippen molar-refractivity contribution in [3.63, 3.8) is 0 Å². The van der Waals surface area contributed by atoms with Crippen molar-refractivity contribution in [2.45, 2.75) is 0 Å². The van der Waals surface area contributed by atoms with Crippen LogP contribution in [0.1, 0.15) is 26.3 Å². The highest BCUT2D eigenvalue weighted by molar-refractivity contribution is 6.30. The third kappa shape index (κ3) is 3.07. The Morgan fingerprint density at radius 1 is 0.909 bits per heavy atom. The van der Waals surface area contributed by atoms with Crippen LogP contribution in [0.15, 0.2) is 90.1 Å². The molecule has 4 aromatic rings. The lowest BCUT2D eigenvalue weighted by molar-refractivity contribution is 0.0600. The Morgan fingerprint density at radius 2 is 1.58 bits per heavy atom. The third-order valence-corrected chi connectivity index (χ3v) is 5.62. The third-order valence-electron chi connectivity index (χ3n) is 5.62. The van der Waals surface area contributed by atoms with Crippen molar-refractivity contribution in [3.05, 3.63) is 108 Å². The highest BCUT2D eigenvalue weighted by Gasteiger charge is 2.53. The van der Waals surface area contributed by atoms with Crippen LogP contribution < -0.4 is 4.48 Å². The van der Waals surface area contributed by atoms with E-state index in [1.807, 2.05) is 6.07 Å². The molecular weight excluding hydrogens is 423 g/mol. The number of quaternary nitrogens is 1. The van der Waals surface area contributed by atoms with Crippen LogP contribution in [0.2, 0.25) is 0 Å². The maximum absolute atomic E-state index is 15.1. The second kappa shape index (κ2) is 7.92. The number of amides is 1. The molecule has 7 nitrogen and oxygen atoms in total. The molecule has 1 atom stereocenters. The molecule has 0 aliphatic carbocycles. The van der Waals surface area contributed by atoms with E-state index in [2.05, 4.69) is 15.2 Å². The lowest BCUT2D eigenvalue weighted by Crippen LogP contribution is -2.56. The number of esters is 1. The van der Waals surface area contributed by atoms with Crippen molar-refractivity contribution >= 4 is 34.9 Å². The maximum Gasteiger partial charge on any atom is 0.367 e. The first-order chi connectivity index (χ1) is 16.1. The van der Waals surface area contributed by atoms with Gasteiger partial charge < -0.3 is 4.74 Å². The Kier molecular flexibility index (Phi) is 4.91. The largest absolute Gasteiger partial charge is 0.465 e. The van der Waals surface area contributed by atoms with E-state index in [1.165, 1.54) is 19.4 Å². The SMILES string of the molecule is COC(=O)c1ccc([N+]2(c3ccccc3)C(=O)c3cn[nH]c3N=C2c2ccccc2F)cc1. The molecule has 33 heavy (non-hydrogen) atoms. The number of carbonyl (C=O) groups excluding carboxylic acids is 2. The highest BCUT2D eigenvalue weighted by atomic mass is 19.1. The van der Waals surface area contributed by atoms with Crippen LogP contribution in [-0.2, 0) is 4.74 Å². The molecule has 8 heteroatoms. The summed E-state index contributed by atoms with van der Waals surface area (Å²) in [7, 11) is 1.30. The zero-order valence-electron chi connectivity index (χ0n) is 17.5. The van der Waals surface area contributed by atoms with Crippen LogP contribution in [0.25, 0.3) is 0 Å². The van der Waals surface area contributed by atoms with E-state index in [1.54, 1.807) is 66.7 Å². The van der Waals surface area contributed by atoms with Gasteiger partial charge >= 0.3 is 11.9 Å². The smallest absolute Gasteiger partial charge is 0.367 e. The molecule has 1 N–H and O–H groups in total. The number of H-pyrrole nitrogens is 1. The number of hydrogen-bond donors (Lipinski definition) is 1. The number of nitrogens with one attached hydrogen (secondary N) is 1. The van der Waals surface area contributed by atoms with Gasteiger partial charge in [0, 0.05) is 24.3 Å². The summed E-state index contributed by atoms with van der Waals surface area (Å²) in [6.07, 6.45) is 1.41. The summed E-state index contributed by atoms with van der Waals surface area (Å²) in [6, 6.07) is 21.6. The Hall–Kier alpha value is -4.43. The summed E-state index contributed by atoms with van der Waals surface area (Å²) in [4.78, 5) is 30.9. The maximum atomic E-state index is 15.1. The summed E-state index contributed by atoms with van der Waals surface area (Å²) < 4.78 is 19.4. The van der Waals surface area contributed by atoms with Gasteiger partial charge in [-0.2, -0.15) is 10.1 Å². The van der Waals surface area contributed by atoms with E-state index >= 15 is 4.39 Å². The van der Waals surface area contributed by atoms with Gasteiger partial charge in [-0.05, 0) is 24.3 Å². The predicted molar refractivity (Wildman–Crippen MR) is 121 cm³/mol. The number of amidine groups is 1. The fourth-order valence-electron chi connectivity index (χ4n) is 4.08. The van der Waals surface area contributed by atoms with Crippen LogP contribution >= 0.6 is 0 Å². The van der Waals surface area contributed by atoms with Crippen molar-refractivity contribution < 1.29 is 18.7 Å². The molecule has 2 heterocycles. The first kappa shape index (κ1) is 20.5. The van der Waals surface area contributed by atoms with Crippen molar-refractivity contribution in [3.8, 4) is 0 Å². The second-order valence-corrected chi connectivity index (χ2v) is 7.40. The van der Waals surface area contributed by atoms with Crippen molar-refractivity contribution in [2.24, 2.45) is 4.99 Å². The molecule has 3 aromatic carbocycles. The number of nitrogens with zero attached hydrogens (tertiary/aromatic N) is 3. The molecule has 5 rings (SSSR count). The fourth-order valence-corrected chi connectivity index (χ4v) is 4.08. The van der Waals surface area contributed by atoms with Crippen LogP contribution in [0.5, 0.6) is 0 Å². The number of aromatic nitrogens is 2. The average molecular weight is 441 g/mol. The number of ether oxygens (including phenoxy) is 1. The number of halogens is 1. The average Bonchev–Trinajstić information content (AvgIpc) is 3.34. The normalized spacial score (nSPS) is 17.3. The lowest BCUT2D eigenvalue weighted by Gasteiger charge is -2.36. The van der Waals surface area contributed by atoms with Gasteiger partial charge in [-0.15, -0.1) is 4.48 Å². The number of carbonyl (C=O) groups is 2. The molecule has 0 saturated heterocycles. The summed E-state index contributed by atoms with van der Waals surface area (Å²) in [6.45, 7) is 0. The van der Waals surface area contributed by atoms with Crippen molar-refractivity contribution in [2.75, 3.05) is 7.11 Å². The lowest BCUT2D eigenvalue weighted by atomic mass is 10.0. The fraction of sp³-hybridized carbons (Fsp3) is 0.0400. The van der Waals surface area contributed by atoms with E-state index in [0.717, 1.165) is 0 Å². The van der Waals surface area contributed by atoms with Gasteiger partial charge in [0.05, 0.1) is 24.4 Å². The minimum Gasteiger partial charge on any atom is -0.465 e. The van der Waals surface area contributed by atoms with Gasteiger partial charge in [-0.1, -0.05) is 30.3 Å². The predicted octanol–water partition coefficient (Wildman–Crippen LogP) is 4.91. The number of fused-ring (bicyclic) bond motifs is 1. The molecule has 1 aromatic heterocycles. The van der Waals surface area contributed by atoms with Crippen LogP contribution in [0.3, 0.4) is 0 Å². The first-order valence-electron chi connectivity index (χ1n) is 10.1. The number of para-hydroxylation sites is 1. The van der Waals surface area contributed by atoms with Gasteiger partial charge in [0.15, 0.2) is 17.2 Å². The van der Waals surface area contributed by atoms with Gasteiger partial charge in [0.25, 0.3) is 5.84 Å². The molecule has 0 radical (unpaired) electrons. The molecule has 1 aliphatic rings. The number of rotatable bonds is 4. The topological polar surface area (TPSA) is 84.4 Å². The van der Waals surface area contributed by atoms with Gasteiger partial charge in [0.2, 0.25) is 0 Å². The van der Waals surface area contributed by atoms with E-state index in [9.17, 15) is 9.59 Å². The number of benzene rings is 3. The Labute approximate surface area is 188 Å². The Bertz CT molecular complexity index is 1400. The van der Waals surface area contributed by atoms with E-state index in [-0.39, 0.29) is 28.7 Å². The zero-order valence-corrected chi connectivity index (χ0v) is 17.5. The van der Waals surface area contributed by atoms with Gasteiger partial charge in [-0.3, -0.25) is 5.10 Å². The number of aromatic amines is 1. The molecule has 0 bridgehead atoms. The van der Waals surface area contributed by atoms with E-state index in [4.69, 9.17) is 4.74 Å². The molecule has 0 saturated carbocycles. The van der Waals surface area contributed by atoms with Crippen molar-refractivity contribution in [1.29, 1.82) is 0 Å². The number of hydrogen-bond acceptors (Lipinski definition) is 5. The zero-order chi connectivity index (χ0) is 23.0. The monoisotopic (exact) mass is 441 g/mol. The molecule has 0 spiro atoms. The first-order valence-corrected chi connectivity index (χ1v) is 10.1. The standard InChI is InChI=1S/C25H17FN4O3/c1-33-25(32)16-11-13-18(14-12-16)30(17-7-3-2-4-8-17)23(19-9-5-6-10-21(19)26)28-22-20(24(30)31)15-27-29-22/h2-15H,1H3/p+1. The summed E-state index contributed by atoms with van der Waals surface area (Å²) in [5.41, 5.74) is 1.81. The molecule has 1 aliphatic heterocycles.